The van der Waals surface area contributed by atoms with Gasteiger partial charge in [-0.3, -0.25) is 4.98 Å². The molecule has 27 heavy (non-hydrogen) atoms. The Balaban J connectivity index is 1.75. The fourth-order valence-electron chi connectivity index (χ4n) is 2.69. The van der Waals surface area contributed by atoms with E-state index in [4.69, 9.17) is 16.3 Å². The highest BCUT2D eigenvalue weighted by Gasteiger charge is 2.12. The highest BCUT2D eigenvalue weighted by atomic mass is 35.5. The predicted octanol–water partition coefficient (Wildman–Crippen LogP) is 5.16. The first kappa shape index (κ1) is 19.7. The quantitative estimate of drug-likeness (QED) is 0.546. The molecule has 0 saturated carbocycles. The van der Waals surface area contributed by atoms with Crippen LogP contribution < -0.4 is 4.74 Å². The SMILES string of the molecule is CCN(C)CCc1cc(C)c(Oc2nc(-c3cncc(Cl)c3)ns2)cc1C. The van der Waals surface area contributed by atoms with E-state index in [1.165, 1.54) is 22.7 Å². The molecule has 0 saturated heterocycles. The number of likely N-dealkylation sites (N-methyl/N-ethyl adjacent to an activating group) is 1. The monoisotopic (exact) mass is 402 g/mol. The molecule has 0 bridgehead atoms. The Kier molecular flexibility index (Phi) is 6.42. The smallest absolute Gasteiger partial charge is 0.299 e. The minimum absolute atomic E-state index is 0.506. The second-order valence-corrected chi connectivity index (χ2v) is 7.72. The summed E-state index contributed by atoms with van der Waals surface area (Å²) in [6.07, 6.45) is 4.30. The fourth-order valence-corrected chi connectivity index (χ4v) is 3.43. The molecule has 0 N–H and O–H groups in total. The van der Waals surface area contributed by atoms with Gasteiger partial charge < -0.3 is 9.64 Å². The van der Waals surface area contributed by atoms with Crippen LogP contribution in [0.2, 0.25) is 5.02 Å². The summed E-state index contributed by atoms with van der Waals surface area (Å²) < 4.78 is 10.4. The molecular formula is C20H23ClN4OS. The van der Waals surface area contributed by atoms with E-state index in [0.29, 0.717) is 16.0 Å². The first-order chi connectivity index (χ1) is 13.0. The molecule has 2 heterocycles. The van der Waals surface area contributed by atoms with E-state index < -0.39 is 0 Å². The Morgan fingerprint density at radius 2 is 1.96 bits per heavy atom. The van der Waals surface area contributed by atoms with Gasteiger partial charge in [0.1, 0.15) is 5.75 Å². The molecule has 1 aromatic carbocycles. The summed E-state index contributed by atoms with van der Waals surface area (Å²) in [4.78, 5) is 10.8. The van der Waals surface area contributed by atoms with Crippen LogP contribution in [0.1, 0.15) is 23.6 Å². The number of benzene rings is 1. The van der Waals surface area contributed by atoms with Gasteiger partial charge in [0.15, 0.2) is 5.82 Å². The van der Waals surface area contributed by atoms with E-state index in [1.807, 2.05) is 0 Å². The summed E-state index contributed by atoms with van der Waals surface area (Å²) in [6.45, 7) is 8.46. The maximum absolute atomic E-state index is 6.01. The van der Waals surface area contributed by atoms with Crippen molar-refractivity contribution in [3.63, 3.8) is 0 Å². The third kappa shape index (κ3) is 5.03. The number of aromatic nitrogens is 3. The van der Waals surface area contributed by atoms with E-state index in [1.54, 1.807) is 18.5 Å². The summed E-state index contributed by atoms with van der Waals surface area (Å²) in [5.41, 5.74) is 4.44. The van der Waals surface area contributed by atoms with E-state index in [0.717, 1.165) is 36.4 Å². The third-order valence-electron chi connectivity index (χ3n) is 4.50. The molecule has 7 heteroatoms. The summed E-state index contributed by atoms with van der Waals surface area (Å²) in [5.74, 6) is 1.38. The Bertz CT molecular complexity index is 928. The number of hydrogen-bond acceptors (Lipinski definition) is 6. The van der Waals surface area contributed by atoms with Gasteiger partial charge in [0, 0.05) is 36.0 Å². The lowest BCUT2D eigenvalue weighted by Crippen LogP contribution is -2.20. The molecule has 0 fully saturated rings. The Labute approximate surface area is 169 Å². The number of halogens is 1. The molecule has 2 aromatic heterocycles. The van der Waals surface area contributed by atoms with E-state index in [2.05, 4.69) is 59.2 Å². The van der Waals surface area contributed by atoms with Crippen LogP contribution in [0.25, 0.3) is 11.4 Å². The second kappa shape index (κ2) is 8.78. The van der Waals surface area contributed by atoms with Crippen LogP contribution in [-0.4, -0.2) is 39.4 Å². The average Bonchev–Trinajstić information content (AvgIpc) is 3.11. The molecular weight excluding hydrogens is 380 g/mol. The van der Waals surface area contributed by atoms with Crippen molar-refractivity contribution < 1.29 is 4.74 Å². The second-order valence-electron chi connectivity index (χ2n) is 6.57. The van der Waals surface area contributed by atoms with Crippen molar-refractivity contribution in [2.24, 2.45) is 0 Å². The molecule has 0 aliphatic rings. The van der Waals surface area contributed by atoms with Crippen molar-refractivity contribution in [2.75, 3.05) is 20.1 Å². The van der Waals surface area contributed by atoms with Crippen LogP contribution >= 0.6 is 23.1 Å². The molecule has 0 atom stereocenters. The molecule has 0 aliphatic carbocycles. The number of ether oxygens (including phenoxy) is 1. The Hall–Kier alpha value is -2.02. The van der Waals surface area contributed by atoms with Crippen LogP contribution in [0, 0.1) is 13.8 Å². The molecule has 3 aromatic rings. The normalized spacial score (nSPS) is 11.2. The van der Waals surface area contributed by atoms with Gasteiger partial charge >= 0.3 is 0 Å². The minimum Gasteiger partial charge on any atom is -0.430 e. The lowest BCUT2D eigenvalue weighted by Gasteiger charge is -2.16. The molecule has 0 aliphatic heterocycles. The zero-order chi connectivity index (χ0) is 19.4. The van der Waals surface area contributed by atoms with Crippen molar-refractivity contribution >= 4 is 23.1 Å². The summed E-state index contributed by atoms with van der Waals surface area (Å²) in [6, 6.07) is 6.08. The van der Waals surface area contributed by atoms with E-state index in [9.17, 15) is 0 Å². The van der Waals surface area contributed by atoms with Gasteiger partial charge in [-0.2, -0.15) is 9.36 Å². The lowest BCUT2D eigenvalue weighted by atomic mass is 10.0. The summed E-state index contributed by atoms with van der Waals surface area (Å²) >= 11 is 7.21. The maximum atomic E-state index is 6.01. The van der Waals surface area contributed by atoms with Gasteiger partial charge in [-0.05, 0) is 62.7 Å². The van der Waals surface area contributed by atoms with Crippen molar-refractivity contribution in [3.05, 3.63) is 52.3 Å². The van der Waals surface area contributed by atoms with E-state index in [-0.39, 0.29) is 0 Å². The molecule has 3 rings (SSSR count). The van der Waals surface area contributed by atoms with Crippen LogP contribution in [0.15, 0.2) is 30.6 Å². The third-order valence-corrected chi connectivity index (χ3v) is 5.31. The van der Waals surface area contributed by atoms with Crippen LogP contribution in [0.4, 0.5) is 0 Å². The first-order valence-corrected chi connectivity index (χ1v) is 10.0. The van der Waals surface area contributed by atoms with Gasteiger partial charge in [0.2, 0.25) is 0 Å². The number of pyridine rings is 1. The highest BCUT2D eigenvalue weighted by Crippen LogP contribution is 2.31. The average molecular weight is 403 g/mol. The predicted molar refractivity (Wildman–Crippen MR) is 111 cm³/mol. The summed E-state index contributed by atoms with van der Waals surface area (Å²) in [7, 11) is 2.14. The number of hydrogen-bond donors (Lipinski definition) is 0. The van der Waals surface area contributed by atoms with E-state index >= 15 is 0 Å². The van der Waals surface area contributed by atoms with Crippen molar-refractivity contribution in [2.45, 2.75) is 27.2 Å². The number of nitrogens with zero attached hydrogens (tertiary/aromatic N) is 4. The van der Waals surface area contributed by atoms with Crippen molar-refractivity contribution in [1.29, 1.82) is 0 Å². The topological polar surface area (TPSA) is 51.1 Å². The standard InChI is InChI=1S/C20H23ClN4OS/c1-5-25(4)7-6-15-8-14(3)18(9-13(15)2)26-20-23-19(24-27-20)16-10-17(21)12-22-11-16/h8-12H,5-7H2,1-4H3. The molecule has 0 spiro atoms. The van der Waals surface area contributed by atoms with Crippen LogP contribution in [0.3, 0.4) is 0 Å². The molecule has 0 amide bonds. The van der Waals surface area contributed by atoms with Gasteiger partial charge in [-0.15, -0.1) is 0 Å². The molecule has 5 nitrogen and oxygen atoms in total. The van der Waals surface area contributed by atoms with Gasteiger partial charge in [0.05, 0.1) is 5.02 Å². The fraction of sp³-hybridized carbons (Fsp3) is 0.350. The number of aryl methyl sites for hydroxylation is 2. The van der Waals surface area contributed by atoms with Crippen LogP contribution in [-0.2, 0) is 6.42 Å². The zero-order valence-corrected chi connectivity index (χ0v) is 17.6. The lowest BCUT2D eigenvalue weighted by molar-refractivity contribution is 0.357. The highest BCUT2D eigenvalue weighted by molar-refractivity contribution is 7.07. The summed E-state index contributed by atoms with van der Waals surface area (Å²) in [5, 5.41) is 1.06. The van der Waals surface area contributed by atoms with Crippen LogP contribution in [0.5, 0.6) is 10.9 Å². The molecule has 0 radical (unpaired) electrons. The maximum Gasteiger partial charge on any atom is 0.299 e. The van der Waals surface area contributed by atoms with Gasteiger partial charge in [-0.25, -0.2) is 0 Å². The largest absolute Gasteiger partial charge is 0.430 e. The Morgan fingerprint density at radius 1 is 1.15 bits per heavy atom. The van der Waals surface area contributed by atoms with Crippen molar-refractivity contribution in [1.82, 2.24) is 19.2 Å². The zero-order valence-electron chi connectivity index (χ0n) is 16.0. The minimum atomic E-state index is 0.506. The van der Waals surface area contributed by atoms with Gasteiger partial charge in [0.25, 0.3) is 5.19 Å². The number of rotatable bonds is 7. The van der Waals surface area contributed by atoms with Gasteiger partial charge in [-0.1, -0.05) is 24.6 Å². The molecule has 0 unspecified atom stereocenters. The first-order valence-electron chi connectivity index (χ1n) is 8.87. The van der Waals surface area contributed by atoms with Crippen molar-refractivity contribution in [3.8, 4) is 22.3 Å². The Morgan fingerprint density at radius 3 is 2.70 bits per heavy atom. The molecule has 142 valence electrons.